The summed E-state index contributed by atoms with van der Waals surface area (Å²) in [6.07, 6.45) is 3.41. The van der Waals surface area contributed by atoms with Gasteiger partial charge in [-0.25, -0.2) is 14.4 Å². The highest BCUT2D eigenvalue weighted by Gasteiger charge is 2.17. The standard InChI is InChI=1S/C19H17ClFN3/c1-13-11-14(7-8-17(13)21)19(15-5-2-3-6-16(15)20)24-12-18-22-9-4-10-23-18/h2-11,19,24H,12H2,1H3/t19-/m1/s1. The lowest BCUT2D eigenvalue weighted by atomic mass is 9.97. The first-order valence-electron chi connectivity index (χ1n) is 7.65. The predicted molar refractivity (Wildman–Crippen MR) is 93.3 cm³/mol. The van der Waals surface area contributed by atoms with Crippen molar-refractivity contribution in [3.05, 3.63) is 94.3 Å². The van der Waals surface area contributed by atoms with Crippen LogP contribution in [0, 0.1) is 12.7 Å². The summed E-state index contributed by atoms with van der Waals surface area (Å²) in [5.74, 6) is 0.469. The Morgan fingerprint density at radius 2 is 1.83 bits per heavy atom. The lowest BCUT2D eigenvalue weighted by Gasteiger charge is -2.21. The Kier molecular flexibility index (Phi) is 5.18. The van der Waals surface area contributed by atoms with Crippen molar-refractivity contribution < 1.29 is 4.39 Å². The Bertz CT molecular complexity index is 824. The van der Waals surface area contributed by atoms with Gasteiger partial charge in [-0.3, -0.25) is 5.32 Å². The van der Waals surface area contributed by atoms with Crippen LogP contribution in [0.2, 0.25) is 5.02 Å². The van der Waals surface area contributed by atoms with Crippen molar-refractivity contribution in [2.45, 2.75) is 19.5 Å². The minimum absolute atomic E-state index is 0.179. The molecule has 0 spiro atoms. The zero-order chi connectivity index (χ0) is 16.9. The summed E-state index contributed by atoms with van der Waals surface area (Å²) < 4.78 is 13.6. The molecule has 3 rings (SSSR count). The van der Waals surface area contributed by atoms with E-state index in [1.807, 2.05) is 30.3 Å². The van der Waals surface area contributed by atoms with Crippen LogP contribution in [0.15, 0.2) is 60.9 Å². The molecule has 1 N–H and O–H groups in total. The number of nitrogens with zero attached hydrogens (tertiary/aromatic N) is 2. The summed E-state index contributed by atoms with van der Waals surface area (Å²) in [6, 6.07) is 14.3. The normalized spacial score (nSPS) is 12.1. The fourth-order valence-electron chi connectivity index (χ4n) is 2.58. The van der Waals surface area contributed by atoms with Crippen LogP contribution in [0.3, 0.4) is 0 Å². The SMILES string of the molecule is Cc1cc([C@@H](NCc2ncccn2)c2ccccc2Cl)ccc1F. The monoisotopic (exact) mass is 341 g/mol. The molecular formula is C19H17ClFN3. The molecule has 0 aliphatic rings. The number of nitrogens with one attached hydrogen (secondary N) is 1. The maximum Gasteiger partial charge on any atom is 0.141 e. The topological polar surface area (TPSA) is 37.8 Å². The maximum absolute atomic E-state index is 13.6. The molecule has 122 valence electrons. The van der Waals surface area contributed by atoms with Gasteiger partial charge >= 0.3 is 0 Å². The molecule has 0 unspecified atom stereocenters. The fourth-order valence-corrected chi connectivity index (χ4v) is 2.82. The molecule has 0 aliphatic heterocycles. The van der Waals surface area contributed by atoms with Crippen LogP contribution >= 0.6 is 11.6 Å². The Hall–Kier alpha value is -2.30. The van der Waals surface area contributed by atoms with Crippen molar-refractivity contribution >= 4 is 11.6 Å². The lowest BCUT2D eigenvalue weighted by Crippen LogP contribution is -2.23. The van der Waals surface area contributed by atoms with Crippen LogP contribution in [-0.4, -0.2) is 9.97 Å². The van der Waals surface area contributed by atoms with Gasteiger partial charge in [0.05, 0.1) is 12.6 Å². The van der Waals surface area contributed by atoms with Crippen LogP contribution in [0.25, 0.3) is 0 Å². The van der Waals surface area contributed by atoms with Crippen molar-refractivity contribution in [1.29, 1.82) is 0 Å². The highest BCUT2D eigenvalue weighted by atomic mass is 35.5. The van der Waals surface area contributed by atoms with Gasteiger partial charge < -0.3 is 0 Å². The van der Waals surface area contributed by atoms with E-state index >= 15 is 0 Å². The number of aryl methyl sites for hydroxylation is 1. The molecule has 3 aromatic rings. The maximum atomic E-state index is 13.6. The number of halogens is 2. The van der Waals surface area contributed by atoms with Gasteiger partial charge in [-0.2, -0.15) is 0 Å². The summed E-state index contributed by atoms with van der Waals surface area (Å²) in [6.45, 7) is 2.23. The molecule has 0 radical (unpaired) electrons. The van der Waals surface area contributed by atoms with E-state index in [1.54, 1.807) is 31.5 Å². The Morgan fingerprint density at radius 1 is 1.08 bits per heavy atom. The molecule has 1 heterocycles. The molecule has 2 aromatic carbocycles. The van der Waals surface area contributed by atoms with Gasteiger partial charge in [0.2, 0.25) is 0 Å². The fraction of sp³-hybridized carbons (Fsp3) is 0.158. The minimum Gasteiger partial charge on any atom is -0.299 e. The smallest absolute Gasteiger partial charge is 0.141 e. The first-order valence-corrected chi connectivity index (χ1v) is 8.02. The van der Waals surface area contributed by atoms with E-state index in [2.05, 4.69) is 15.3 Å². The second-order valence-corrected chi connectivity index (χ2v) is 5.92. The number of rotatable bonds is 5. The molecule has 1 atom stereocenters. The van der Waals surface area contributed by atoms with Gasteiger partial charge in [-0.1, -0.05) is 41.9 Å². The van der Waals surface area contributed by atoms with E-state index in [0.717, 1.165) is 11.1 Å². The first kappa shape index (κ1) is 16.6. The summed E-state index contributed by atoms with van der Waals surface area (Å²) in [5.41, 5.74) is 2.47. The number of benzene rings is 2. The second kappa shape index (κ2) is 7.51. The van der Waals surface area contributed by atoms with Crippen molar-refractivity contribution in [1.82, 2.24) is 15.3 Å². The van der Waals surface area contributed by atoms with Crippen molar-refractivity contribution in [2.75, 3.05) is 0 Å². The van der Waals surface area contributed by atoms with Crippen LogP contribution in [0.4, 0.5) is 4.39 Å². The molecule has 0 saturated heterocycles. The first-order chi connectivity index (χ1) is 11.6. The quantitative estimate of drug-likeness (QED) is 0.744. The molecule has 0 amide bonds. The van der Waals surface area contributed by atoms with Gasteiger partial charge in [-0.15, -0.1) is 0 Å². The average Bonchev–Trinajstić information content (AvgIpc) is 2.60. The van der Waals surface area contributed by atoms with Gasteiger partial charge in [-0.05, 0) is 41.8 Å². The van der Waals surface area contributed by atoms with E-state index in [9.17, 15) is 4.39 Å². The second-order valence-electron chi connectivity index (χ2n) is 5.51. The van der Waals surface area contributed by atoms with Crippen LogP contribution in [0.5, 0.6) is 0 Å². The van der Waals surface area contributed by atoms with E-state index in [4.69, 9.17) is 11.6 Å². The van der Waals surface area contributed by atoms with Crippen molar-refractivity contribution in [3.8, 4) is 0 Å². The Balaban J connectivity index is 1.94. The number of hydrogen-bond donors (Lipinski definition) is 1. The molecule has 3 nitrogen and oxygen atoms in total. The van der Waals surface area contributed by atoms with Crippen LogP contribution < -0.4 is 5.32 Å². The van der Waals surface area contributed by atoms with E-state index in [0.29, 0.717) is 23.0 Å². The summed E-state index contributed by atoms with van der Waals surface area (Å²) in [7, 11) is 0. The van der Waals surface area contributed by atoms with Crippen molar-refractivity contribution in [2.24, 2.45) is 0 Å². The molecule has 0 fully saturated rings. The largest absolute Gasteiger partial charge is 0.299 e. The Labute approximate surface area is 145 Å². The van der Waals surface area contributed by atoms with Crippen molar-refractivity contribution in [3.63, 3.8) is 0 Å². The molecule has 0 aliphatic carbocycles. The molecule has 0 saturated carbocycles. The molecule has 5 heteroatoms. The highest BCUT2D eigenvalue weighted by Crippen LogP contribution is 2.29. The third-order valence-electron chi connectivity index (χ3n) is 3.82. The van der Waals surface area contributed by atoms with Gasteiger partial charge in [0, 0.05) is 17.4 Å². The van der Waals surface area contributed by atoms with Crippen LogP contribution in [-0.2, 0) is 6.54 Å². The predicted octanol–water partition coefficient (Wildman–Crippen LogP) is 4.46. The molecule has 0 bridgehead atoms. The van der Waals surface area contributed by atoms with Gasteiger partial charge in [0.1, 0.15) is 11.6 Å². The average molecular weight is 342 g/mol. The number of aromatic nitrogens is 2. The van der Waals surface area contributed by atoms with E-state index < -0.39 is 0 Å². The summed E-state index contributed by atoms with van der Waals surface area (Å²) >= 11 is 6.38. The minimum atomic E-state index is -0.219. The van der Waals surface area contributed by atoms with Gasteiger partial charge in [0.15, 0.2) is 0 Å². The molecule has 24 heavy (non-hydrogen) atoms. The highest BCUT2D eigenvalue weighted by molar-refractivity contribution is 6.31. The molecular weight excluding hydrogens is 325 g/mol. The van der Waals surface area contributed by atoms with E-state index in [-0.39, 0.29) is 11.9 Å². The zero-order valence-electron chi connectivity index (χ0n) is 13.2. The van der Waals surface area contributed by atoms with E-state index in [1.165, 1.54) is 6.07 Å². The summed E-state index contributed by atoms with van der Waals surface area (Å²) in [5, 5.41) is 4.08. The summed E-state index contributed by atoms with van der Waals surface area (Å²) in [4.78, 5) is 8.45. The third-order valence-corrected chi connectivity index (χ3v) is 4.16. The Morgan fingerprint density at radius 3 is 2.54 bits per heavy atom. The number of hydrogen-bond acceptors (Lipinski definition) is 3. The van der Waals surface area contributed by atoms with Crippen LogP contribution in [0.1, 0.15) is 28.6 Å². The zero-order valence-corrected chi connectivity index (χ0v) is 14.0. The van der Waals surface area contributed by atoms with Gasteiger partial charge in [0.25, 0.3) is 0 Å². The third kappa shape index (κ3) is 3.78. The lowest BCUT2D eigenvalue weighted by molar-refractivity contribution is 0.580. The molecule has 1 aromatic heterocycles.